The maximum absolute atomic E-state index is 12.1. The summed E-state index contributed by atoms with van der Waals surface area (Å²) in [4.78, 5) is 12.1. The van der Waals surface area contributed by atoms with E-state index >= 15 is 0 Å². The first kappa shape index (κ1) is 21.6. The monoisotopic (exact) mass is 382 g/mol. The predicted octanol–water partition coefficient (Wildman–Crippen LogP) is 4.26. The Labute approximate surface area is 165 Å². The summed E-state index contributed by atoms with van der Waals surface area (Å²) >= 11 is 0. The summed E-state index contributed by atoms with van der Waals surface area (Å²) < 4.78 is 0. The average Bonchev–Trinajstić information content (AvgIpc) is 2.67. The lowest BCUT2D eigenvalue weighted by Gasteiger charge is -2.42. The molecule has 2 rings (SSSR count). The van der Waals surface area contributed by atoms with Crippen molar-refractivity contribution >= 4 is 18.7 Å². The number of aliphatic hydroxyl groups excluding tert-OH is 1. The number of aliphatic hydroxyl groups is 1. The summed E-state index contributed by atoms with van der Waals surface area (Å²) in [6.45, 7) is 10.3. The molecule has 0 saturated heterocycles. The van der Waals surface area contributed by atoms with Crippen LogP contribution in [0.15, 0.2) is 73.3 Å². The van der Waals surface area contributed by atoms with Gasteiger partial charge in [-0.25, -0.2) is 0 Å². The minimum Gasteiger partial charge on any atom is -0.424 e. The van der Waals surface area contributed by atoms with Crippen molar-refractivity contribution in [3.8, 4) is 0 Å². The molecule has 0 saturated carbocycles. The van der Waals surface area contributed by atoms with Crippen LogP contribution in [0.3, 0.4) is 0 Å². The van der Waals surface area contributed by atoms with Gasteiger partial charge < -0.3 is 9.90 Å². The minimum absolute atomic E-state index is 0.229. The third-order valence-corrected chi connectivity index (χ3v) is 10.3. The van der Waals surface area contributed by atoms with Crippen LogP contribution in [0.2, 0.25) is 5.04 Å². The van der Waals surface area contributed by atoms with Crippen LogP contribution in [0.4, 0.5) is 0 Å². The summed E-state index contributed by atoms with van der Waals surface area (Å²) in [6, 6.07) is 20.3. The van der Waals surface area contributed by atoms with Gasteiger partial charge in [-0.15, -0.1) is 6.58 Å². The molecule has 27 heavy (non-hydrogen) atoms. The van der Waals surface area contributed by atoms with E-state index in [1.54, 1.807) is 6.08 Å². The maximum Gasteiger partial charge on any atom is 0.258 e. The Hall–Kier alpha value is -1.68. The fourth-order valence-corrected chi connectivity index (χ4v) is 7.72. The molecule has 0 fully saturated rings. The highest BCUT2D eigenvalue weighted by molar-refractivity contribution is 6.98. The molecule has 2 N–H and O–H groups in total. The molecule has 2 aromatic carbocycles. The van der Waals surface area contributed by atoms with E-state index in [4.69, 9.17) is 0 Å². The van der Waals surface area contributed by atoms with Crippen molar-refractivity contribution in [3.63, 3.8) is 0 Å². The number of hydrogen-bond donors (Lipinski definition) is 2. The number of rotatable bonds is 10. The van der Waals surface area contributed by atoms with E-state index in [-0.39, 0.29) is 11.1 Å². The summed E-state index contributed by atoms with van der Waals surface area (Å²) in [5, 5.41) is 11.9. The van der Waals surface area contributed by atoms with Crippen molar-refractivity contribution in [2.45, 2.75) is 57.6 Å². The Morgan fingerprint density at radius 1 is 1.00 bits per heavy atom. The standard InChI is InChI=1S/C24H34O2Si/c1-5-12-21(25)19-20(2)17-18-24(3,4)27(26,22-13-8-6-9-14-22)23-15-10-7-11-16-23/h5-11,13-16,20-21,25-26H,1,12,17-19H2,2-4H3/t20-,21+/m1/s1. The van der Waals surface area contributed by atoms with Gasteiger partial charge in [-0.05, 0) is 40.6 Å². The van der Waals surface area contributed by atoms with Crippen LogP contribution >= 0.6 is 0 Å². The predicted molar refractivity (Wildman–Crippen MR) is 118 cm³/mol. The molecular weight excluding hydrogens is 348 g/mol. The molecule has 2 nitrogen and oxygen atoms in total. The van der Waals surface area contributed by atoms with E-state index in [2.05, 4.69) is 51.6 Å². The maximum atomic E-state index is 12.1. The van der Waals surface area contributed by atoms with E-state index in [0.29, 0.717) is 12.3 Å². The Morgan fingerprint density at radius 3 is 1.93 bits per heavy atom. The van der Waals surface area contributed by atoms with Crippen LogP contribution in [0, 0.1) is 5.92 Å². The molecule has 0 amide bonds. The molecule has 2 atom stereocenters. The van der Waals surface area contributed by atoms with Crippen LogP contribution in [0.1, 0.15) is 46.5 Å². The van der Waals surface area contributed by atoms with Crippen LogP contribution < -0.4 is 10.4 Å². The third-order valence-electron chi connectivity index (χ3n) is 5.74. The van der Waals surface area contributed by atoms with Crippen molar-refractivity contribution in [1.29, 1.82) is 0 Å². The molecule has 0 aromatic heterocycles. The molecule has 0 aliphatic rings. The minimum atomic E-state index is -2.93. The van der Waals surface area contributed by atoms with Gasteiger partial charge in [0.2, 0.25) is 0 Å². The second-order valence-corrected chi connectivity index (χ2v) is 12.3. The van der Waals surface area contributed by atoms with Crippen molar-refractivity contribution in [2.75, 3.05) is 0 Å². The normalized spacial score (nSPS) is 14.6. The summed E-state index contributed by atoms with van der Waals surface area (Å²) in [5.41, 5.74) is 0. The molecule has 0 aliphatic heterocycles. The zero-order valence-electron chi connectivity index (χ0n) is 16.9. The smallest absolute Gasteiger partial charge is 0.258 e. The first-order chi connectivity index (χ1) is 12.8. The molecule has 0 unspecified atom stereocenters. The van der Waals surface area contributed by atoms with Gasteiger partial charge in [0, 0.05) is 0 Å². The first-order valence-corrected chi connectivity index (χ1v) is 11.9. The van der Waals surface area contributed by atoms with Crippen molar-refractivity contribution < 1.29 is 9.90 Å². The average molecular weight is 383 g/mol. The highest BCUT2D eigenvalue weighted by Crippen LogP contribution is 2.41. The second kappa shape index (κ2) is 9.49. The van der Waals surface area contributed by atoms with Gasteiger partial charge in [-0.3, -0.25) is 0 Å². The lowest BCUT2D eigenvalue weighted by molar-refractivity contribution is 0.144. The Morgan fingerprint density at radius 2 is 1.48 bits per heavy atom. The molecule has 146 valence electrons. The molecule has 0 radical (unpaired) electrons. The summed E-state index contributed by atoms with van der Waals surface area (Å²) in [5.74, 6) is 0.407. The van der Waals surface area contributed by atoms with Gasteiger partial charge in [-0.2, -0.15) is 0 Å². The summed E-state index contributed by atoms with van der Waals surface area (Å²) in [7, 11) is -2.93. The van der Waals surface area contributed by atoms with E-state index in [1.807, 2.05) is 36.4 Å². The zero-order chi connectivity index (χ0) is 19.9. The first-order valence-electron chi connectivity index (χ1n) is 9.93. The topological polar surface area (TPSA) is 40.5 Å². The van der Waals surface area contributed by atoms with E-state index in [1.165, 1.54) is 0 Å². The lowest BCUT2D eigenvalue weighted by Crippen LogP contribution is -2.65. The van der Waals surface area contributed by atoms with Gasteiger partial charge in [0.1, 0.15) is 0 Å². The molecule has 3 heteroatoms. The van der Waals surface area contributed by atoms with Crippen LogP contribution in [-0.4, -0.2) is 24.3 Å². The van der Waals surface area contributed by atoms with E-state index in [0.717, 1.165) is 29.6 Å². The fourth-order valence-electron chi connectivity index (χ4n) is 3.97. The Balaban J connectivity index is 2.25. The summed E-state index contributed by atoms with van der Waals surface area (Å²) in [6.07, 6.45) is 4.77. The molecule has 0 aliphatic carbocycles. The molecule has 0 bridgehead atoms. The Kier molecular flexibility index (Phi) is 7.60. The number of benzene rings is 2. The fraction of sp³-hybridized carbons (Fsp3) is 0.417. The van der Waals surface area contributed by atoms with Crippen LogP contribution in [0.25, 0.3) is 0 Å². The van der Waals surface area contributed by atoms with Crippen molar-refractivity contribution in [2.24, 2.45) is 5.92 Å². The van der Waals surface area contributed by atoms with Gasteiger partial charge in [-0.1, -0.05) is 93.9 Å². The second-order valence-electron chi connectivity index (χ2n) is 8.38. The Bertz CT molecular complexity index is 657. The molecule has 2 aromatic rings. The van der Waals surface area contributed by atoms with Gasteiger partial charge in [0.15, 0.2) is 0 Å². The molecule has 0 heterocycles. The zero-order valence-corrected chi connectivity index (χ0v) is 17.9. The van der Waals surface area contributed by atoms with Crippen LogP contribution in [0.5, 0.6) is 0 Å². The highest BCUT2D eigenvalue weighted by atomic mass is 28.4. The number of hydrogen-bond acceptors (Lipinski definition) is 2. The lowest BCUT2D eigenvalue weighted by atomic mass is 9.93. The van der Waals surface area contributed by atoms with Crippen LogP contribution in [-0.2, 0) is 0 Å². The molecular formula is C24H34O2Si. The largest absolute Gasteiger partial charge is 0.424 e. The van der Waals surface area contributed by atoms with Gasteiger partial charge >= 0.3 is 0 Å². The third kappa shape index (κ3) is 5.19. The quantitative estimate of drug-likeness (QED) is 0.476. The van der Waals surface area contributed by atoms with Gasteiger partial charge in [0.05, 0.1) is 6.10 Å². The van der Waals surface area contributed by atoms with Crippen molar-refractivity contribution in [3.05, 3.63) is 73.3 Å². The highest BCUT2D eigenvalue weighted by Gasteiger charge is 2.49. The van der Waals surface area contributed by atoms with Crippen molar-refractivity contribution in [1.82, 2.24) is 0 Å². The van der Waals surface area contributed by atoms with E-state index < -0.39 is 8.32 Å². The van der Waals surface area contributed by atoms with Gasteiger partial charge in [0.25, 0.3) is 8.32 Å². The molecule has 0 spiro atoms. The SMILES string of the molecule is C=CC[C@H](O)C[C@H](C)CCC(C)(C)[Si](O)(c1ccccc1)c1ccccc1. The van der Waals surface area contributed by atoms with E-state index in [9.17, 15) is 9.90 Å².